The highest BCUT2D eigenvalue weighted by Crippen LogP contribution is 2.39. The number of hydrogen-bond donors (Lipinski definition) is 2. The lowest BCUT2D eigenvalue weighted by molar-refractivity contribution is 0.631. The number of hydrogen-bond acceptors (Lipinski definition) is 10. The van der Waals surface area contributed by atoms with E-state index in [0.717, 1.165) is 59.1 Å². The normalized spacial score (nSPS) is 16.2. The van der Waals surface area contributed by atoms with Crippen molar-refractivity contribution >= 4 is 57.7 Å². The molecule has 8 bridgehead atoms. The minimum atomic E-state index is 0.357. The zero-order valence-corrected chi connectivity index (χ0v) is 31.0. The Morgan fingerprint density at radius 3 is 1.24 bits per heavy atom. The molecule has 10 nitrogen and oxygen atoms in total. The van der Waals surface area contributed by atoms with Gasteiger partial charge in [-0.3, -0.25) is 10.9 Å². The van der Waals surface area contributed by atoms with Crippen molar-refractivity contribution in [2.24, 2.45) is 39.9 Å². The van der Waals surface area contributed by atoms with Crippen LogP contribution in [0.3, 0.4) is 0 Å². The molecule has 2 N–H and O–H groups in total. The maximum Gasteiger partial charge on any atom is 0.247 e. The molecule has 4 aromatic rings. The maximum atomic E-state index is 5.37. The molecule has 0 atom stereocenters. The molecule has 270 valence electrons. The molecule has 0 fully saturated rings. The fraction of sp³-hybridized carbons (Fsp3) is 0.318. The number of nitrogens with one attached hydrogen (secondary N) is 2. The van der Waals surface area contributed by atoms with E-state index in [1.54, 1.807) is 0 Å². The van der Waals surface area contributed by atoms with Crippen LogP contribution < -0.4 is 10.9 Å². The molecule has 5 aliphatic heterocycles. The zero-order valence-electron chi connectivity index (χ0n) is 31.0. The van der Waals surface area contributed by atoms with Crippen molar-refractivity contribution in [1.82, 2.24) is 10.9 Å². The number of fused-ring (bicyclic) bond motifs is 14. The minimum absolute atomic E-state index is 0.357. The van der Waals surface area contributed by atoms with Gasteiger partial charge >= 0.3 is 0 Å². The molecule has 0 saturated carbocycles. The van der Waals surface area contributed by atoms with Gasteiger partial charge < -0.3 is 0 Å². The molecule has 0 unspecified atom stereocenters. The third kappa shape index (κ3) is 6.29. The Morgan fingerprint density at radius 2 is 0.741 bits per heavy atom. The Labute approximate surface area is 315 Å². The first-order chi connectivity index (χ1) is 26.7. The van der Waals surface area contributed by atoms with Crippen molar-refractivity contribution in [2.45, 2.75) is 90.9 Å². The van der Waals surface area contributed by atoms with Crippen LogP contribution in [0, 0.1) is 0 Å². The third-order valence-corrected chi connectivity index (χ3v) is 10.7. The second kappa shape index (κ2) is 14.9. The molecule has 0 spiro atoms. The first-order valence-electron chi connectivity index (χ1n) is 19.7. The van der Waals surface area contributed by atoms with Crippen LogP contribution in [0.4, 0.5) is 0 Å². The summed E-state index contributed by atoms with van der Waals surface area (Å²) in [5.41, 5.74) is 14.4. The molecule has 0 aromatic heterocycles. The van der Waals surface area contributed by atoms with E-state index in [1.165, 1.54) is 73.3 Å². The second-order valence-electron chi connectivity index (χ2n) is 14.4. The van der Waals surface area contributed by atoms with E-state index in [1.807, 2.05) is 48.5 Å². The molecule has 0 amide bonds. The smallest absolute Gasteiger partial charge is 0.247 e. The first kappa shape index (κ1) is 33.9. The highest BCUT2D eigenvalue weighted by Gasteiger charge is 2.34. The van der Waals surface area contributed by atoms with Gasteiger partial charge in [0.05, 0.1) is 0 Å². The maximum absolute atomic E-state index is 5.37. The van der Waals surface area contributed by atoms with Crippen LogP contribution in [0.15, 0.2) is 113 Å². The fourth-order valence-corrected chi connectivity index (χ4v) is 8.08. The molecular formula is C44H44N10. The summed E-state index contributed by atoms with van der Waals surface area (Å²) in [5.74, 6) is 4.20. The molecule has 54 heavy (non-hydrogen) atoms. The van der Waals surface area contributed by atoms with Gasteiger partial charge in [-0.2, -0.15) is 15.0 Å². The third-order valence-electron chi connectivity index (χ3n) is 10.7. The number of guanidine groups is 2. The monoisotopic (exact) mass is 712 g/mol. The Bertz CT molecular complexity index is 2420. The van der Waals surface area contributed by atoms with Gasteiger partial charge in [0.2, 0.25) is 11.9 Å². The Balaban J connectivity index is 1.30. The first-order valence-corrected chi connectivity index (χ1v) is 19.7. The van der Waals surface area contributed by atoms with Crippen LogP contribution in [-0.4, -0.2) is 46.9 Å². The van der Waals surface area contributed by atoms with Crippen molar-refractivity contribution < 1.29 is 0 Å². The van der Waals surface area contributed by atoms with Crippen molar-refractivity contribution in [3.8, 4) is 0 Å². The predicted octanol–water partition coefficient (Wildman–Crippen LogP) is 8.62. The van der Waals surface area contributed by atoms with Gasteiger partial charge in [0.25, 0.3) is 0 Å². The highest BCUT2D eigenvalue weighted by atomic mass is 15.5. The Morgan fingerprint density at radius 1 is 0.370 bits per heavy atom. The molecule has 0 radical (unpaired) electrons. The highest BCUT2D eigenvalue weighted by molar-refractivity contribution is 6.34. The summed E-state index contributed by atoms with van der Waals surface area (Å²) in [6, 6.07) is 25.1. The van der Waals surface area contributed by atoms with E-state index in [2.05, 4.69) is 54.0 Å². The number of benzene rings is 4. The van der Waals surface area contributed by atoms with Gasteiger partial charge in [-0.25, -0.2) is 25.0 Å². The van der Waals surface area contributed by atoms with E-state index in [0.29, 0.717) is 46.9 Å². The fourth-order valence-electron chi connectivity index (χ4n) is 8.08. The molecule has 0 saturated heterocycles. The summed E-state index contributed by atoms with van der Waals surface area (Å²) in [6.45, 7) is 4.53. The van der Waals surface area contributed by atoms with E-state index < -0.39 is 0 Å². The number of amidine groups is 6. The quantitative estimate of drug-likeness (QED) is 0.143. The summed E-state index contributed by atoms with van der Waals surface area (Å²) < 4.78 is 0. The molecule has 0 aliphatic carbocycles. The molecule has 9 rings (SSSR count). The largest absolute Gasteiger partial charge is 0.265 e. The van der Waals surface area contributed by atoms with Gasteiger partial charge in [0.1, 0.15) is 0 Å². The van der Waals surface area contributed by atoms with E-state index in [9.17, 15) is 0 Å². The van der Waals surface area contributed by atoms with Crippen molar-refractivity contribution in [1.29, 1.82) is 0 Å². The van der Waals surface area contributed by atoms with E-state index in [-0.39, 0.29) is 0 Å². The van der Waals surface area contributed by atoms with Crippen LogP contribution in [0.1, 0.15) is 123 Å². The van der Waals surface area contributed by atoms with Gasteiger partial charge in [-0.1, -0.05) is 138 Å². The molecular weight excluding hydrogens is 669 g/mol. The number of nitrogens with zero attached hydrogens (tertiary/aromatic N) is 8. The van der Waals surface area contributed by atoms with Gasteiger partial charge in [0, 0.05) is 33.4 Å². The standard InChI is InChI=1S/C44H44N10/c1-3-5-7-9-11-21-29-27-19-13-14-20-28(27)30(22-12-10-8-6-4-2)36-35(29)41-47-37-31-23-15-17-25-33(31)39(45-37)50-43-52-44(54-53-43)51-40-34-26-18-16-24-32(34)38(46-40)48-42(36)49-41/h13-20,23-26H,3-12,21-22H2,1-2H3,(H2,45,46,47,48,49,50,51,52,53,54). The van der Waals surface area contributed by atoms with Crippen LogP contribution in [0.5, 0.6) is 0 Å². The van der Waals surface area contributed by atoms with Crippen LogP contribution >= 0.6 is 0 Å². The molecule has 10 heteroatoms. The summed E-state index contributed by atoms with van der Waals surface area (Å²) >= 11 is 0. The zero-order chi connectivity index (χ0) is 36.4. The number of unbranched alkanes of at least 4 members (excludes halogenated alkanes) is 8. The van der Waals surface area contributed by atoms with E-state index in [4.69, 9.17) is 34.9 Å². The summed E-state index contributed by atoms with van der Waals surface area (Å²) in [5, 5.41) is 2.56. The predicted molar refractivity (Wildman–Crippen MR) is 222 cm³/mol. The van der Waals surface area contributed by atoms with Crippen LogP contribution in [-0.2, 0) is 12.8 Å². The summed E-state index contributed by atoms with van der Waals surface area (Å²) in [7, 11) is 0. The minimum Gasteiger partial charge on any atom is -0.265 e. The van der Waals surface area contributed by atoms with Crippen molar-refractivity contribution in [2.75, 3.05) is 0 Å². The number of aryl methyl sites for hydroxylation is 2. The second-order valence-corrected chi connectivity index (χ2v) is 14.4. The van der Waals surface area contributed by atoms with Crippen LogP contribution in [0.25, 0.3) is 10.8 Å². The average Bonchev–Trinajstić information content (AvgIpc) is 3.97. The molecule has 4 aromatic carbocycles. The van der Waals surface area contributed by atoms with Crippen molar-refractivity contribution in [3.05, 3.63) is 117 Å². The number of rotatable bonds is 12. The van der Waals surface area contributed by atoms with Gasteiger partial charge in [0.15, 0.2) is 35.0 Å². The lowest BCUT2D eigenvalue weighted by atomic mass is 9.85. The Kier molecular flexibility index (Phi) is 9.32. The van der Waals surface area contributed by atoms with Crippen LogP contribution in [0.2, 0.25) is 0 Å². The lowest BCUT2D eigenvalue weighted by Gasteiger charge is -2.19. The molecule has 5 aliphatic rings. The SMILES string of the molecule is CCCCCCCc1c2c(c(CCCCCCC)c3ccccc13)C1=NC2=NC2=NC(=NC3=NC(=NC4=NC(=N1)c1ccccc14)NN3)c1ccccc12. The molecule has 5 heterocycles. The van der Waals surface area contributed by atoms with E-state index >= 15 is 0 Å². The number of aliphatic imine (C=N–C) groups is 8. The Hall–Kier alpha value is -5.90. The average molecular weight is 713 g/mol. The summed E-state index contributed by atoms with van der Waals surface area (Å²) in [4.78, 5) is 40.4. The summed E-state index contributed by atoms with van der Waals surface area (Å²) in [6.07, 6.45) is 13.8. The van der Waals surface area contributed by atoms with Crippen molar-refractivity contribution in [3.63, 3.8) is 0 Å². The topological polar surface area (TPSA) is 123 Å². The van der Waals surface area contributed by atoms with Gasteiger partial charge in [-0.05, 0) is 47.6 Å². The van der Waals surface area contributed by atoms with Gasteiger partial charge in [-0.15, -0.1) is 0 Å². The number of hydrazine groups is 1. The lowest BCUT2D eigenvalue weighted by Crippen LogP contribution is -2.32.